The highest BCUT2D eigenvalue weighted by Gasteiger charge is 2.23. The number of rotatable bonds is 8. The molecule has 3 unspecified atom stereocenters. The first-order valence-corrected chi connectivity index (χ1v) is 7.38. The molecule has 0 aliphatic carbocycles. The zero-order chi connectivity index (χ0) is 12.7. The van der Waals surface area contributed by atoms with Crippen LogP contribution >= 0.6 is 0 Å². The normalized spacial score (nSPS) is 17.8. The third-order valence-electron chi connectivity index (χ3n) is 3.89. The number of hydrogen-bond acceptors (Lipinski definition) is 0. The average molecular weight is 226 g/mol. The lowest BCUT2D eigenvalue weighted by molar-refractivity contribution is 0.194. The summed E-state index contributed by atoms with van der Waals surface area (Å²) in [6.45, 7) is 16.7. The topological polar surface area (TPSA) is 0 Å². The zero-order valence-electron chi connectivity index (χ0n) is 12.7. The monoisotopic (exact) mass is 226 g/mol. The molecule has 0 N–H and O–H groups in total. The Balaban J connectivity index is 4.25. The van der Waals surface area contributed by atoms with Gasteiger partial charge in [0, 0.05) is 0 Å². The molecule has 0 saturated carbocycles. The second-order valence-electron chi connectivity index (χ2n) is 6.64. The van der Waals surface area contributed by atoms with E-state index in [1.807, 2.05) is 0 Å². The minimum absolute atomic E-state index is 0.841. The molecule has 0 spiro atoms. The van der Waals surface area contributed by atoms with Crippen LogP contribution in [0.25, 0.3) is 0 Å². The first-order chi connectivity index (χ1) is 7.38. The molecule has 0 bridgehead atoms. The van der Waals surface area contributed by atoms with Crippen LogP contribution in [0.15, 0.2) is 0 Å². The smallest absolute Gasteiger partial charge is 0.0363 e. The van der Waals surface area contributed by atoms with Gasteiger partial charge in [-0.15, -0.1) is 0 Å². The fourth-order valence-corrected chi connectivity index (χ4v) is 3.16. The molecule has 0 radical (unpaired) electrons. The summed E-state index contributed by atoms with van der Waals surface area (Å²) in [5, 5.41) is 0. The van der Waals surface area contributed by atoms with Crippen molar-refractivity contribution in [3.05, 3.63) is 0 Å². The fourth-order valence-electron chi connectivity index (χ4n) is 3.16. The van der Waals surface area contributed by atoms with E-state index in [2.05, 4.69) is 48.5 Å². The maximum absolute atomic E-state index is 2.46. The van der Waals surface area contributed by atoms with Crippen molar-refractivity contribution in [1.29, 1.82) is 0 Å². The van der Waals surface area contributed by atoms with Crippen LogP contribution in [0, 0.1) is 29.6 Å². The lowest BCUT2D eigenvalue weighted by Crippen LogP contribution is -2.22. The van der Waals surface area contributed by atoms with E-state index < -0.39 is 0 Å². The minimum Gasteiger partial charge on any atom is -0.0654 e. The quantitative estimate of drug-likeness (QED) is 0.493. The summed E-state index contributed by atoms with van der Waals surface area (Å²) in [4.78, 5) is 0. The highest BCUT2D eigenvalue weighted by molar-refractivity contribution is 4.73. The van der Waals surface area contributed by atoms with Crippen molar-refractivity contribution in [2.24, 2.45) is 29.6 Å². The molecule has 0 nitrogen and oxygen atoms in total. The van der Waals surface area contributed by atoms with Gasteiger partial charge >= 0.3 is 0 Å². The van der Waals surface area contributed by atoms with Crippen molar-refractivity contribution >= 4 is 0 Å². The summed E-state index contributed by atoms with van der Waals surface area (Å²) < 4.78 is 0. The van der Waals surface area contributed by atoms with Crippen molar-refractivity contribution in [3.63, 3.8) is 0 Å². The van der Waals surface area contributed by atoms with Gasteiger partial charge in [-0.25, -0.2) is 0 Å². The summed E-state index contributed by atoms with van der Waals surface area (Å²) >= 11 is 0. The van der Waals surface area contributed by atoms with E-state index in [-0.39, 0.29) is 0 Å². The van der Waals surface area contributed by atoms with Crippen molar-refractivity contribution < 1.29 is 0 Å². The molecule has 0 aromatic carbocycles. The number of hydrogen-bond donors (Lipinski definition) is 0. The van der Waals surface area contributed by atoms with E-state index in [1.54, 1.807) is 0 Å². The molecule has 0 aliphatic heterocycles. The molecule has 3 atom stereocenters. The summed E-state index contributed by atoms with van der Waals surface area (Å²) in [7, 11) is 0. The van der Waals surface area contributed by atoms with E-state index in [0.717, 1.165) is 29.6 Å². The predicted octanol–water partition coefficient (Wildman–Crippen LogP) is 5.77. The van der Waals surface area contributed by atoms with Gasteiger partial charge in [0.25, 0.3) is 0 Å². The van der Waals surface area contributed by atoms with Crippen LogP contribution in [0.2, 0.25) is 0 Å². The van der Waals surface area contributed by atoms with Gasteiger partial charge in [-0.05, 0) is 42.4 Å². The predicted molar refractivity (Wildman–Crippen MR) is 75.6 cm³/mol. The van der Waals surface area contributed by atoms with Crippen LogP contribution in [-0.2, 0) is 0 Å². The first kappa shape index (κ1) is 16.0. The van der Waals surface area contributed by atoms with Crippen molar-refractivity contribution in [3.8, 4) is 0 Å². The Bertz CT molecular complexity index is 157. The maximum Gasteiger partial charge on any atom is -0.0363 e. The molecule has 0 aromatic heterocycles. The highest BCUT2D eigenvalue weighted by Crippen LogP contribution is 2.32. The largest absolute Gasteiger partial charge is 0.0654 e. The molecule has 98 valence electrons. The van der Waals surface area contributed by atoms with Crippen LogP contribution < -0.4 is 0 Å². The van der Waals surface area contributed by atoms with Gasteiger partial charge < -0.3 is 0 Å². The maximum atomic E-state index is 2.46. The van der Waals surface area contributed by atoms with Crippen LogP contribution in [0.3, 0.4) is 0 Å². The van der Waals surface area contributed by atoms with E-state index in [1.165, 1.54) is 25.7 Å². The molecule has 16 heavy (non-hydrogen) atoms. The van der Waals surface area contributed by atoms with Crippen molar-refractivity contribution in [2.45, 2.75) is 74.1 Å². The lowest BCUT2D eigenvalue weighted by atomic mass is 9.75. The summed E-state index contributed by atoms with van der Waals surface area (Å²) in [6, 6.07) is 0. The summed E-state index contributed by atoms with van der Waals surface area (Å²) in [5.41, 5.74) is 0. The summed E-state index contributed by atoms with van der Waals surface area (Å²) in [5.74, 6) is 4.40. The Kier molecular flexibility index (Phi) is 8.14. The molecule has 0 aliphatic rings. The Morgan fingerprint density at radius 1 is 0.812 bits per heavy atom. The van der Waals surface area contributed by atoms with E-state index in [0.29, 0.717) is 0 Å². The Morgan fingerprint density at radius 3 is 1.75 bits per heavy atom. The zero-order valence-corrected chi connectivity index (χ0v) is 12.7. The second-order valence-corrected chi connectivity index (χ2v) is 6.64. The highest BCUT2D eigenvalue weighted by atomic mass is 14.3. The molecule has 0 heterocycles. The van der Waals surface area contributed by atoms with E-state index >= 15 is 0 Å². The lowest BCUT2D eigenvalue weighted by Gasteiger charge is -2.31. The first-order valence-electron chi connectivity index (χ1n) is 7.38. The van der Waals surface area contributed by atoms with Gasteiger partial charge in [0.15, 0.2) is 0 Å². The van der Waals surface area contributed by atoms with Crippen LogP contribution in [0.1, 0.15) is 74.1 Å². The van der Waals surface area contributed by atoms with Crippen LogP contribution in [-0.4, -0.2) is 0 Å². The second kappa shape index (κ2) is 8.14. The Morgan fingerprint density at radius 2 is 1.38 bits per heavy atom. The molecular formula is C16H34. The van der Waals surface area contributed by atoms with E-state index in [9.17, 15) is 0 Å². The molecule has 0 rings (SSSR count). The minimum atomic E-state index is 0.841. The van der Waals surface area contributed by atoms with Gasteiger partial charge in [0.1, 0.15) is 0 Å². The van der Waals surface area contributed by atoms with Gasteiger partial charge in [-0.2, -0.15) is 0 Å². The molecular weight excluding hydrogens is 192 g/mol. The standard InChI is InChI=1S/C16H34/c1-8-9-14(6)11-16(13(4)5)15(7)10-12(2)3/h12-16H,8-11H2,1-7H3. The molecule has 0 amide bonds. The van der Waals surface area contributed by atoms with Crippen molar-refractivity contribution in [1.82, 2.24) is 0 Å². The SMILES string of the molecule is CCCC(C)CC(C(C)C)C(C)CC(C)C. The summed E-state index contributed by atoms with van der Waals surface area (Å²) in [6.07, 6.45) is 5.56. The Hall–Kier alpha value is 0. The molecule has 0 fully saturated rings. The molecule has 0 saturated heterocycles. The van der Waals surface area contributed by atoms with E-state index in [4.69, 9.17) is 0 Å². The fraction of sp³-hybridized carbons (Fsp3) is 1.00. The molecule has 0 aromatic rings. The van der Waals surface area contributed by atoms with Crippen molar-refractivity contribution in [2.75, 3.05) is 0 Å². The van der Waals surface area contributed by atoms with Gasteiger partial charge in [0.05, 0.1) is 0 Å². The third kappa shape index (κ3) is 6.55. The average Bonchev–Trinajstić information content (AvgIpc) is 2.12. The van der Waals surface area contributed by atoms with Crippen LogP contribution in [0.5, 0.6) is 0 Å². The third-order valence-corrected chi connectivity index (χ3v) is 3.89. The van der Waals surface area contributed by atoms with Gasteiger partial charge in [-0.3, -0.25) is 0 Å². The van der Waals surface area contributed by atoms with Crippen LogP contribution in [0.4, 0.5) is 0 Å². The van der Waals surface area contributed by atoms with Gasteiger partial charge in [0.2, 0.25) is 0 Å². The molecule has 0 heteroatoms. The Labute approximate surface area is 104 Å². The van der Waals surface area contributed by atoms with Gasteiger partial charge in [-0.1, -0.05) is 61.3 Å².